The van der Waals surface area contributed by atoms with Crippen LogP contribution in [0.25, 0.3) is 5.76 Å². The van der Waals surface area contributed by atoms with Gasteiger partial charge in [0.15, 0.2) is 0 Å². The molecule has 152 valence electrons. The summed E-state index contributed by atoms with van der Waals surface area (Å²) >= 11 is 0. The fourth-order valence-electron chi connectivity index (χ4n) is 3.65. The summed E-state index contributed by atoms with van der Waals surface area (Å²) in [7, 11) is 3.16. The minimum atomic E-state index is -0.677. The molecule has 1 saturated heterocycles. The van der Waals surface area contributed by atoms with Gasteiger partial charge in [0.05, 0.1) is 18.7 Å². The zero-order valence-electron chi connectivity index (χ0n) is 16.8. The Morgan fingerprint density at radius 1 is 1.10 bits per heavy atom. The van der Waals surface area contributed by atoms with Gasteiger partial charge in [0.1, 0.15) is 11.5 Å². The monoisotopic (exact) mass is 395 g/mol. The number of methoxy groups -OCH3 is 2. The number of benzene rings is 2. The minimum absolute atomic E-state index is 0.104. The molecule has 6 nitrogen and oxygen atoms in total. The van der Waals surface area contributed by atoms with Gasteiger partial charge in [-0.2, -0.15) is 0 Å². The normalized spacial score (nSPS) is 18.3. The Bertz CT molecular complexity index is 936. The molecular formula is C23H25NO5. The summed E-state index contributed by atoms with van der Waals surface area (Å²) < 4.78 is 10.3. The number of rotatable bonds is 7. The number of ether oxygens (including phenoxy) is 2. The fourth-order valence-corrected chi connectivity index (χ4v) is 3.65. The lowest BCUT2D eigenvalue weighted by Gasteiger charge is -2.25. The van der Waals surface area contributed by atoms with Crippen molar-refractivity contribution < 1.29 is 24.2 Å². The molecule has 0 saturated carbocycles. The quantitative estimate of drug-likeness (QED) is 0.336. The second-order valence-corrected chi connectivity index (χ2v) is 6.93. The van der Waals surface area contributed by atoms with Crippen LogP contribution in [-0.2, 0) is 14.3 Å². The fraction of sp³-hybridized carbons (Fsp3) is 0.304. The molecular weight excluding hydrogens is 370 g/mol. The molecule has 0 aliphatic carbocycles. The van der Waals surface area contributed by atoms with Gasteiger partial charge in [0.2, 0.25) is 0 Å². The number of hydrogen-bond acceptors (Lipinski definition) is 5. The molecule has 1 amide bonds. The van der Waals surface area contributed by atoms with Crippen LogP contribution >= 0.6 is 0 Å². The van der Waals surface area contributed by atoms with Crippen molar-refractivity contribution in [3.8, 4) is 5.75 Å². The van der Waals surface area contributed by atoms with Crippen molar-refractivity contribution in [1.29, 1.82) is 0 Å². The van der Waals surface area contributed by atoms with E-state index in [0.29, 0.717) is 30.9 Å². The standard InChI is InChI=1S/C23H25NO5/c1-15-14-17(29-3)10-11-18(15)21(25)19-20(16-8-5-4-6-9-16)24(12-7-13-28-2)23(27)22(19)26/h4-6,8-11,14,20,25H,7,12-13H2,1-3H3/t20-/m1/s1. The van der Waals surface area contributed by atoms with Gasteiger partial charge in [-0.25, -0.2) is 0 Å². The second-order valence-electron chi connectivity index (χ2n) is 6.93. The topological polar surface area (TPSA) is 76.1 Å². The van der Waals surface area contributed by atoms with Gasteiger partial charge >= 0.3 is 0 Å². The summed E-state index contributed by atoms with van der Waals surface area (Å²) in [6, 6.07) is 13.8. The first-order valence-electron chi connectivity index (χ1n) is 9.47. The summed E-state index contributed by atoms with van der Waals surface area (Å²) in [5.74, 6) is -0.808. The van der Waals surface area contributed by atoms with Crippen LogP contribution < -0.4 is 4.74 Å². The molecule has 3 rings (SSSR count). The van der Waals surface area contributed by atoms with Crippen molar-refractivity contribution in [2.75, 3.05) is 27.4 Å². The molecule has 0 unspecified atom stereocenters. The maximum Gasteiger partial charge on any atom is 0.295 e. The van der Waals surface area contributed by atoms with Crippen LogP contribution in [0.3, 0.4) is 0 Å². The van der Waals surface area contributed by atoms with Crippen molar-refractivity contribution in [3.05, 3.63) is 70.8 Å². The van der Waals surface area contributed by atoms with Crippen LogP contribution in [0.4, 0.5) is 0 Å². The van der Waals surface area contributed by atoms with Gasteiger partial charge in [-0.05, 0) is 42.7 Å². The lowest BCUT2D eigenvalue weighted by Crippen LogP contribution is -2.31. The number of Topliss-reactive ketones (excluding diaryl/α,β-unsaturated/α-hetero) is 1. The molecule has 6 heteroatoms. The molecule has 2 aromatic carbocycles. The Morgan fingerprint density at radius 2 is 1.83 bits per heavy atom. The number of ketones is 1. The maximum atomic E-state index is 12.9. The molecule has 1 atom stereocenters. The van der Waals surface area contributed by atoms with E-state index in [4.69, 9.17) is 9.47 Å². The lowest BCUT2D eigenvalue weighted by molar-refractivity contribution is -0.140. The van der Waals surface area contributed by atoms with E-state index in [0.717, 1.165) is 11.1 Å². The third-order valence-corrected chi connectivity index (χ3v) is 5.09. The molecule has 0 radical (unpaired) electrons. The SMILES string of the molecule is COCCCN1C(=O)C(=O)C(=C(O)c2ccc(OC)cc2C)[C@H]1c1ccccc1. The predicted molar refractivity (Wildman–Crippen MR) is 110 cm³/mol. The lowest BCUT2D eigenvalue weighted by atomic mass is 9.94. The van der Waals surface area contributed by atoms with Crippen LogP contribution in [0.5, 0.6) is 5.75 Å². The summed E-state index contributed by atoms with van der Waals surface area (Å²) in [6.45, 7) is 2.65. The number of hydrogen-bond donors (Lipinski definition) is 1. The highest BCUT2D eigenvalue weighted by Gasteiger charge is 2.45. The average molecular weight is 395 g/mol. The average Bonchev–Trinajstić information content (AvgIpc) is 2.99. The van der Waals surface area contributed by atoms with E-state index in [1.165, 1.54) is 4.90 Å². The molecule has 2 aromatic rings. The van der Waals surface area contributed by atoms with Crippen molar-refractivity contribution in [3.63, 3.8) is 0 Å². The van der Waals surface area contributed by atoms with Crippen molar-refractivity contribution >= 4 is 17.4 Å². The molecule has 0 spiro atoms. The molecule has 1 aliphatic heterocycles. The van der Waals surface area contributed by atoms with Gasteiger partial charge in [-0.15, -0.1) is 0 Å². The van der Waals surface area contributed by atoms with E-state index in [1.807, 2.05) is 37.3 Å². The van der Waals surface area contributed by atoms with Crippen LogP contribution in [0.1, 0.15) is 29.2 Å². The highest BCUT2D eigenvalue weighted by atomic mass is 16.5. The number of aliphatic hydroxyl groups excluding tert-OH is 1. The number of carbonyl (C=O) groups excluding carboxylic acids is 2. The largest absolute Gasteiger partial charge is 0.507 e. The van der Waals surface area contributed by atoms with Gasteiger partial charge in [-0.3, -0.25) is 9.59 Å². The summed E-state index contributed by atoms with van der Waals surface area (Å²) in [4.78, 5) is 27.2. The zero-order valence-corrected chi connectivity index (χ0v) is 16.8. The first-order chi connectivity index (χ1) is 14.0. The second kappa shape index (κ2) is 8.92. The van der Waals surface area contributed by atoms with E-state index in [-0.39, 0.29) is 11.3 Å². The van der Waals surface area contributed by atoms with E-state index in [2.05, 4.69) is 0 Å². The van der Waals surface area contributed by atoms with E-state index < -0.39 is 17.7 Å². The third-order valence-electron chi connectivity index (χ3n) is 5.09. The van der Waals surface area contributed by atoms with Crippen molar-refractivity contribution in [2.45, 2.75) is 19.4 Å². The maximum absolute atomic E-state index is 12.9. The van der Waals surface area contributed by atoms with E-state index in [1.54, 1.807) is 32.4 Å². The number of carbonyl (C=O) groups is 2. The summed E-state index contributed by atoms with van der Waals surface area (Å²) in [6.07, 6.45) is 0.592. The first kappa shape index (κ1) is 20.6. The minimum Gasteiger partial charge on any atom is -0.507 e. The third kappa shape index (κ3) is 4.03. The van der Waals surface area contributed by atoms with Gasteiger partial charge < -0.3 is 19.5 Å². The van der Waals surface area contributed by atoms with Gasteiger partial charge in [0.25, 0.3) is 11.7 Å². The Labute approximate surface area is 170 Å². The Hall–Kier alpha value is -3.12. The molecule has 29 heavy (non-hydrogen) atoms. The zero-order chi connectivity index (χ0) is 21.0. The van der Waals surface area contributed by atoms with Crippen molar-refractivity contribution in [1.82, 2.24) is 4.90 Å². The molecule has 1 aliphatic rings. The van der Waals surface area contributed by atoms with Crippen LogP contribution in [-0.4, -0.2) is 49.1 Å². The summed E-state index contributed by atoms with van der Waals surface area (Å²) in [5.41, 5.74) is 2.13. The summed E-state index contributed by atoms with van der Waals surface area (Å²) in [5, 5.41) is 11.1. The first-order valence-corrected chi connectivity index (χ1v) is 9.47. The number of aliphatic hydroxyl groups is 1. The Balaban J connectivity index is 2.12. The Morgan fingerprint density at radius 3 is 2.45 bits per heavy atom. The predicted octanol–water partition coefficient (Wildman–Crippen LogP) is 3.46. The number of aryl methyl sites for hydroxylation is 1. The smallest absolute Gasteiger partial charge is 0.295 e. The molecule has 1 N–H and O–H groups in total. The molecule has 1 heterocycles. The van der Waals surface area contributed by atoms with Gasteiger partial charge in [-0.1, -0.05) is 30.3 Å². The molecule has 0 aromatic heterocycles. The highest BCUT2D eigenvalue weighted by molar-refractivity contribution is 6.46. The molecule has 1 fully saturated rings. The van der Waals surface area contributed by atoms with Crippen molar-refractivity contribution in [2.24, 2.45) is 0 Å². The van der Waals surface area contributed by atoms with E-state index in [9.17, 15) is 14.7 Å². The highest BCUT2D eigenvalue weighted by Crippen LogP contribution is 2.40. The van der Waals surface area contributed by atoms with E-state index >= 15 is 0 Å². The number of likely N-dealkylation sites (tertiary alicyclic amines) is 1. The number of amides is 1. The van der Waals surface area contributed by atoms with Crippen LogP contribution in [0.15, 0.2) is 54.1 Å². The van der Waals surface area contributed by atoms with Crippen LogP contribution in [0.2, 0.25) is 0 Å². The van der Waals surface area contributed by atoms with Gasteiger partial charge in [0, 0.05) is 25.8 Å². The van der Waals surface area contributed by atoms with Crippen LogP contribution in [0, 0.1) is 6.92 Å². The molecule has 0 bridgehead atoms. The Kier molecular flexibility index (Phi) is 6.34. The number of nitrogens with zero attached hydrogens (tertiary/aromatic N) is 1.